The lowest BCUT2D eigenvalue weighted by atomic mass is 9.84. The number of fused-ring (bicyclic) bond motifs is 1. The summed E-state index contributed by atoms with van der Waals surface area (Å²) in [7, 11) is 0. The number of rotatable bonds is 5. The summed E-state index contributed by atoms with van der Waals surface area (Å²) in [5, 5.41) is 2.09. The maximum atomic E-state index is 11.2. The van der Waals surface area contributed by atoms with Gasteiger partial charge in [0.25, 0.3) is 0 Å². The number of carbonyl (C=O) groups excluding carboxylic acids is 1. The fourth-order valence-electron chi connectivity index (χ4n) is 2.95. The molecule has 0 radical (unpaired) electrons. The Balaban J connectivity index is 1.69. The average molecular weight is 301 g/mol. The maximum Gasteiger partial charge on any atom is 0.218 e. The number of hydrogen-bond acceptors (Lipinski definition) is 3. The van der Waals surface area contributed by atoms with Gasteiger partial charge < -0.3 is 10.5 Å². The van der Waals surface area contributed by atoms with Crippen LogP contribution >= 0.6 is 11.3 Å². The molecule has 0 spiro atoms. The van der Waals surface area contributed by atoms with Gasteiger partial charge in [0, 0.05) is 11.3 Å². The van der Waals surface area contributed by atoms with E-state index in [2.05, 4.69) is 23.6 Å². The van der Waals surface area contributed by atoms with E-state index in [0.717, 1.165) is 12.8 Å². The quantitative estimate of drug-likeness (QED) is 0.914. The summed E-state index contributed by atoms with van der Waals surface area (Å²) in [6.45, 7) is 0.628. The van der Waals surface area contributed by atoms with Crippen molar-refractivity contribution in [3.63, 3.8) is 0 Å². The molecule has 1 aliphatic rings. The maximum absolute atomic E-state index is 11.2. The number of carbonyl (C=O) groups is 1. The predicted molar refractivity (Wildman–Crippen MR) is 84.1 cm³/mol. The molecule has 0 saturated heterocycles. The van der Waals surface area contributed by atoms with Crippen LogP contribution in [0.2, 0.25) is 0 Å². The van der Waals surface area contributed by atoms with Gasteiger partial charge in [0.1, 0.15) is 0 Å². The van der Waals surface area contributed by atoms with Gasteiger partial charge in [-0.3, -0.25) is 4.79 Å². The third-order valence-corrected chi connectivity index (χ3v) is 5.00. The molecule has 4 heteroatoms. The molecule has 2 aromatic rings. The standard InChI is InChI=1S/C17H19NO2S/c18-16(19)10-13-6-7-15(17-14(13)8-9-21-17)20-11-12-4-2-1-3-5-12/h1-5,8-9,13,15H,6-7,10-11H2,(H2,18,19). The second kappa shape index (κ2) is 6.41. The minimum atomic E-state index is -0.221. The van der Waals surface area contributed by atoms with Crippen molar-refractivity contribution in [3.05, 3.63) is 57.8 Å². The fraction of sp³-hybridized carbons (Fsp3) is 0.353. The minimum absolute atomic E-state index is 0.143. The van der Waals surface area contributed by atoms with E-state index in [1.807, 2.05) is 18.2 Å². The van der Waals surface area contributed by atoms with Gasteiger partial charge in [-0.25, -0.2) is 0 Å². The van der Waals surface area contributed by atoms with Crippen LogP contribution in [0.3, 0.4) is 0 Å². The molecule has 1 aromatic carbocycles. The van der Waals surface area contributed by atoms with Crippen LogP contribution in [0, 0.1) is 0 Å². The van der Waals surface area contributed by atoms with Crippen molar-refractivity contribution < 1.29 is 9.53 Å². The van der Waals surface area contributed by atoms with E-state index in [4.69, 9.17) is 10.5 Å². The summed E-state index contributed by atoms with van der Waals surface area (Å²) in [6, 6.07) is 12.3. The van der Waals surface area contributed by atoms with Gasteiger partial charge in [-0.1, -0.05) is 30.3 Å². The first-order valence-corrected chi connectivity index (χ1v) is 8.13. The van der Waals surface area contributed by atoms with E-state index in [-0.39, 0.29) is 17.9 Å². The Morgan fingerprint density at radius 3 is 2.81 bits per heavy atom. The highest BCUT2D eigenvalue weighted by Crippen LogP contribution is 2.44. The lowest BCUT2D eigenvalue weighted by molar-refractivity contribution is -0.118. The van der Waals surface area contributed by atoms with Crippen molar-refractivity contribution in [2.24, 2.45) is 5.73 Å². The van der Waals surface area contributed by atoms with E-state index >= 15 is 0 Å². The summed E-state index contributed by atoms with van der Waals surface area (Å²) in [6.07, 6.45) is 2.50. The highest BCUT2D eigenvalue weighted by Gasteiger charge is 2.29. The Kier molecular flexibility index (Phi) is 4.36. The zero-order valence-electron chi connectivity index (χ0n) is 11.8. The first-order valence-electron chi connectivity index (χ1n) is 7.25. The van der Waals surface area contributed by atoms with E-state index in [9.17, 15) is 4.79 Å². The van der Waals surface area contributed by atoms with E-state index < -0.39 is 0 Å². The fourth-order valence-corrected chi connectivity index (χ4v) is 4.02. The molecule has 21 heavy (non-hydrogen) atoms. The number of ether oxygens (including phenoxy) is 1. The van der Waals surface area contributed by atoms with Gasteiger partial charge in [-0.15, -0.1) is 11.3 Å². The highest BCUT2D eigenvalue weighted by atomic mass is 32.1. The second-order valence-electron chi connectivity index (χ2n) is 5.47. The van der Waals surface area contributed by atoms with Crippen LogP contribution in [-0.2, 0) is 16.1 Å². The van der Waals surface area contributed by atoms with Crippen molar-refractivity contribution >= 4 is 17.2 Å². The van der Waals surface area contributed by atoms with Crippen LogP contribution in [0.1, 0.15) is 47.3 Å². The lowest BCUT2D eigenvalue weighted by Gasteiger charge is -2.28. The average Bonchev–Trinajstić information content (AvgIpc) is 2.97. The Labute approximate surface area is 128 Å². The SMILES string of the molecule is NC(=O)CC1CCC(OCc2ccccc2)c2sccc21. The van der Waals surface area contributed by atoms with Gasteiger partial charge in [-0.2, -0.15) is 0 Å². The summed E-state index contributed by atoms with van der Waals surface area (Å²) < 4.78 is 6.10. The van der Waals surface area contributed by atoms with Crippen molar-refractivity contribution in [2.45, 2.75) is 37.9 Å². The van der Waals surface area contributed by atoms with Gasteiger partial charge >= 0.3 is 0 Å². The number of primary amides is 1. The molecule has 0 aliphatic heterocycles. The van der Waals surface area contributed by atoms with Crippen molar-refractivity contribution in [3.8, 4) is 0 Å². The second-order valence-corrected chi connectivity index (χ2v) is 6.42. The molecule has 0 saturated carbocycles. The third kappa shape index (κ3) is 3.34. The Morgan fingerprint density at radius 1 is 1.24 bits per heavy atom. The number of hydrogen-bond donors (Lipinski definition) is 1. The molecule has 3 nitrogen and oxygen atoms in total. The minimum Gasteiger partial charge on any atom is -0.370 e. The van der Waals surface area contributed by atoms with Crippen LogP contribution in [0.15, 0.2) is 41.8 Å². The zero-order valence-corrected chi connectivity index (χ0v) is 12.6. The number of thiophene rings is 1. The largest absolute Gasteiger partial charge is 0.370 e. The van der Waals surface area contributed by atoms with E-state index in [1.54, 1.807) is 11.3 Å². The van der Waals surface area contributed by atoms with Gasteiger partial charge in [0.05, 0.1) is 12.7 Å². The molecule has 1 heterocycles. The van der Waals surface area contributed by atoms with Gasteiger partial charge in [0.2, 0.25) is 5.91 Å². The number of nitrogens with two attached hydrogens (primary N) is 1. The van der Waals surface area contributed by atoms with Crippen molar-refractivity contribution in [2.75, 3.05) is 0 Å². The molecule has 0 bridgehead atoms. The lowest BCUT2D eigenvalue weighted by Crippen LogP contribution is -2.20. The van der Waals surface area contributed by atoms with Crippen molar-refractivity contribution in [1.82, 2.24) is 0 Å². The third-order valence-electron chi connectivity index (χ3n) is 3.98. The van der Waals surface area contributed by atoms with Crippen LogP contribution in [-0.4, -0.2) is 5.91 Å². The summed E-state index contributed by atoms with van der Waals surface area (Å²) in [5.41, 5.74) is 7.79. The van der Waals surface area contributed by atoms with E-state index in [0.29, 0.717) is 13.0 Å². The smallest absolute Gasteiger partial charge is 0.218 e. The molecule has 1 amide bonds. The molecular formula is C17H19NO2S. The molecule has 2 atom stereocenters. The van der Waals surface area contributed by atoms with Crippen molar-refractivity contribution in [1.29, 1.82) is 0 Å². The van der Waals surface area contributed by atoms with Crippen LogP contribution in [0.25, 0.3) is 0 Å². The molecule has 1 aliphatic carbocycles. The Morgan fingerprint density at radius 2 is 2.05 bits per heavy atom. The summed E-state index contributed by atoms with van der Waals surface area (Å²) >= 11 is 1.72. The first kappa shape index (κ1) is 14.3. The molecule has 2 unspecified atom stereocenters. The topological polar surface area (TPSA) is 52.3 Å². The predicted octanol–water partition coefficient (Wildman–Crippen LogP) is 3.76. The van der Waals surface area contributed by atoms with Crippen LogP contribution < -0.4 is 5.73 Å². The van der Waals surface area contributed by atoms with Gasteiger partial charge in [-0.05, 0) is 41.3 Å². The van der Waals surface area contributed by atoms with Gasteiger partial charge in [0.15, 0.2) is 0 Å². The molecule has 2 N–H and O–H groups in total. The van der Waals surface area contributed by atoms with E-state index in [1.165, 1.54) is 16.0 Å². The van der Waals surface area contributed by atoms with Crippen LogP contribution in [0.4, 0.5) is 0 Å². The zero-order chi connectivity index (χ0) is 14.7. The first-order chi connectivity index (χ1) is 10.2. The molecular weight excluding hydrogens is 282 g/mol. The normalized spacial score (nSPS) is 21.0. The number of amides is 1. The highest BCUT2D eigenvalue weighted by molar-refractivity contribution is 7.10. The molecule has 3 rings (SSSR count). The summed E-state index contributed by atoms with van der Waals surface area (Å²) in [4.78, 5) is 12.5. The summed E-state index contributed by atoms with van der Waals surface area (Å²) in [5.74, 6) is 0.0427. The molecule has 110 valence electrons. The van der Waals surface area contributed by atoms with Crippen LogP contribution in [0.5, 0.6) is 0 Å². The molecule has 1 aromatic heterocycles. The number of benzene rings is 1. The Bertz CT molecular complexity index is 608. The Hall–Kier alpha value is -1.65. The monoisotopic (exact) mass is 301 g/mol. The molecule has 0 fully saturated rings.